The minimum absolute atomic E-state index is 0.226. The molecule has 1 aromatic carbocycles. The molecule has 0 saturated heterocycles. The van der Waals surface area contributed by atoms with Gasteiger partial charge in [-0.05, 0) is 17.5 Å². The van der Waals surface area contributed by atoms with E-state index in [1.807, 2.05) is 59.4 Å². The number of benzene rings is 1. The van der Waals surface area contributed by atoms with Gasteiger partial charge in [0.2, 0.25) is 0 Å². The molecule has 3 aromatic rings. The van der Waals surface area contributed by atoms with Gasteiger partial charge in [-0.1, -0.05) is 54.6 Å². The topological polar surface area (TPSA) is 65.3 Å². The van der Waals surface area contributed by atoms with Crippen LogP contribution in [0.1, 0.15) is 12.0 Å². The van der Waals surface area contributed by atoms with E-state index in [1.165, 1.54) is 5.56 Å². The van der Waals surface area contributed by atoms with Gasteiger partial charge in [-0.2, -0.15) is 0 Å². The minimum atomic E-state index is -4.30. The molecule has 2 N–H and O–H groups in total. The first-order valence-electron chi connectivity index (χ1n) is 9.88. The van der Waals surface area contributed by atoms with Gasteiger partial charge in [0.15, 0.2) is 43.0 Å². The smallest absolute Gasteiger partial charge is 0.324 e. The average molecular weight is 420 g/mol. The molecule has 0 spiro atoms. The average Bonchev–Trinajstić information content (AvgIpc) is 2.76. The SMILES string of the molecule is O=P(O)(O)C1(C[n+]2ccc(-c3cc[n+](Cc4ccccc4)cc3)cc2)C=CC=CC1. The zero-order valence-electron chi connectivity index (χ0n) is 16.6. The van der Waals surface area contributed by atoms with Crippen LogP contribution in [0.3, 0.4) is 0 Å². The lowest BCUT2D eigenvalue weighted by Gasteiger charge is -2.28. The van der Waals surface area contributed by atoms with E-state index in [1.54, 1.807) is 12.2 Å². The van der Waals surface area contributed by atoms with Crippen LogP contribution in [0, 0.1) is 0 Å². The molecule has 1 aliphatic rings. The molecular formula is C24H25N2O3P+2. The highest BCUT2D eigenvalue weighted by Gasteiger charge is 2.48. The van der Waals surface area contributed by atoms with E-state index in [9.17, 15) is 14.4 Å². The first-order valence-corrected chi connectivity index (χ1v) is 11.5. The van der Waals surface area contributed by atoms with Crippen LogP contribution in [-0.2, 0) is 17.7 Å². The molecule has 0 aliphatic heterocycles. The van der Waals surface area contributed by atoms with Crippen LogP contribution in [0.4, 0.5) is 0 Å². The van der Waals surface area contributed by atoms with Crippen molar-refractivity contribution in [1.82, 2.24) is 0 Å². The van der Waals surface area contributed by atoms with E-state index in [4.69, 9.17) is 0 Å². The van der Waals surface area contributed by atoms with Crippen molar-refractivity contribution in [2.45, 2.75) is 24.7 Å². The van der Waals surface area contributed by atoms with E-state index in [0.29, 0.717) is 6.42 Å². The largest absolute Gasteiger partial charge is 0.342 e. The van der Waals surface area contributed by atoms with E-state index in [0.717, 1.165) is 17.7 Å². The second-order valence-corrected chi connectivity index (χ2v) is 9.62. The number of nitrogens with zero attached hydrogens (tertiary/aromatic N) is 2. The van der Waals surface area contributed by atoms with Crippen LogP contribution in [0.25, 0.3) is 11.1 Å². The molecule has 0 amide bonds. The molecule has 6 heteroatoms. The lowest BCUT2D eigenvalue weighted by Crippen LogP contribution is -2.46. The van der Waals surface area contributed by atoms with Crippen LogP contribution >= 0.6 is 7.60 Å². The summed E-state index contributed by atoms with van der Waals surface area (Å²) in [7, 11) is -4.30. The minimum Gasteiger partial charge on any atom is -0.324 e. The zero-order valence-corrected chi connectivity index (χ0v) is 17.5. The summed E-state index contributed by atoms with van der Waals surface area (Å²) >= 11 is 0. The molecule has 0 fully saturated rings. The number of aromatic nitrogens is 2. The quantitative estimate of drug-likeness (QED) is 0.475. The molecule has 0 radical (unpaired) electrons. The number of hydrogen-bond donors (Lipinski definition) is 2. The Labute approximate surface area is 176 Å². The third kappa shape index (κ3) is 4.49. The summed E-state index contributed by atoms with van der Waals surface area (Å²) in [6.45, 7) is 1.05. The van der Waals surface area contributed by atoms with Gasteiger partial charge in [0.25, 0.3) is 0 Å². The van der Waals surface area contributed by atoms with Gasteiger partial charge >= 0.3 is 7.60 Å². The fourth-order valence-corrected chi connectivity index (χ4v) is 4.67. The van der Waals surface area contributed by atoms with Crippen molar-refractivity contribution in [2.75, 3.05) is 0 Å². The summed E-state index contributed by atoms with van der Waals surface area (Å²) in [6, 6.07) is 18.4. The summed E-state index contributed by atoms with van der Waals surface area (Å²) in [5, 5.41) is -1.19. The predicted molar refractivity (Wildman–Crippen MR) is 115 cm³/mol. The molecule has 2 heterocycles. The zero-order chi connectivity index (χ0) is 21.0. The van der Waals surface area contributed by atoms with Gasteiger partial charge in [-0.3, -0.25) is 4.57 Å². The first-order chi connectivity index (χ1) is 14.5. The lowest BCUT2D eigenvalue weighted by molar-refractivity contribution is -0.699. The summed E-state index contributed by atoms with van der Waals surface area (Å²) in [6.07, 6.45) is 15.2. The molecule has 5 nitrogen and oxygen atoms in total. The predicted octanol–water partition coefficient (Wildman–Crippen LogP) is 3.41. The Balaban J connectivity index is 1.49. The number of pyridine rings is 2. The maximum atomic E-state index is 12.2. The monoisotopic (exact) mass is 420 g/mol. The van der Waals surface area contributed by atoms with Crippen molar-refractivity contribution in [1.29, 1.82) is 0 Å². The number of allylic oxidation sites excluding steroid dienone is 4. The van der Waals surface area contributed by atoms with Gasteiger partial charge in [-0.15, -0.1) is 0 Å². The van der Waals surface area contributed by atoms with Gasteiger partial charge in [0, 0.05) is 29.8 Å². The highest BCUT2D eigenvalue weighted by Crippen LogP contribution is 2.54. The van der Waals surface area contributed by atoms with Crippen molar-refractivity contribution in [3.63, 3.8) is 0 Å². The fraction of sp³-hybridized carbons (Fsp3) is 0.167. The van der Waals surface area contributed by atoms with Crippen molar-refractivity contribution in [2.24, 2.45) is 0 Å². The Morgan fingerprint density at radius 1 is 0.833 bits per heavy atom. The van der Waals surface area contributed by atoms with Gasteiger partial charge in [0.05, 0.1) is 0 Å². The van der Waals surface area contributed by atoms with Crippen LogP contribution in [0.2, 0.25) is 0 Å². The van der Waals surface area contributed by atoms with E-state index in [-0.39, 0.29) is 6.54 Å². The normalized spacial score (nSPS) is 18.5. The fourth-order valence-electron chi connectivity index (χ4n) is 3.70. The summed E-state index contributed by atoms with van der Waals surface area (Å²) in [5.74, 6) is 0. The molecule has 1 atom stereocenters. The molecule has 2 aromatic heterocycles. The molecule has 152 valence electrons. The number of hydrogen-bond acceptors (Lipinski definition) is 1. The van der Waals surface area contributed by atoms with E-state index in [2.05, 4.69) is 41.2 Å². The third-order valence-electron chi connectivity index (χ3n) is 5.49. The Morgan fingerprint density at radius 2 is 1.43 bits per heavy atom. The lowest BCUT2D eigenvalue weighted by atomic mass is 9.99. The van der Waals surface area contributed by atoms with Gasteiger partial charge < -0.3 is 9.79 Å². The van der Waals surface area contributed by atoms with Crippen molar-refractivity contribution < 1.29 is 23.5 Å². The Hall–Kier alpha value is -2.85. The second-order valence-electron chi connectivity index (χ2n) is 7.64. The van der Waals surface area contributed by atoms with E-state index < -0.39 is 12.8 Å². The standard InChI is InChI=1S/C24H23N2O3P/c27-30(28,29)24(13-5-2-6-14-24)20-26-17-11-23(12-18-26)22-9-15-25(16-10-22)19-21-7-3-1-4-8-21/h1-13,15-18H,14,19-20H2/p+2. The molecule has 0 saturated carbocycles. The van der Waals surface area contributed by atoms with Crippen LogP contribution < -0.4 is 9.13 Å². The molecule has 30 heavy (non-hydrogen) atoms. The summed E-state index contributed by atoms with van der Waals surface area (Å²) in [5.41, 5.74) is 3.40. The first kappa shape index (κ1) is 20.4. The molecule has 0 bridgehead atoms. The van der Waals surface area contributed by atoms with Crippen LogP contribution in [0.15, 0.2) is 104 Å². The molecular weight excluding hydrogens is 395 g/mol. The van der Waals surface area contributed by atoms with Crippen LogP contribution in [-0.4, -0.2) is 14.9 Å². The Kier molecular flexibility index (Phi) is 5.78. The Morgan fingerprint density at radius 3 is 1.97 bits per heavy atom. The summed E-state index contributed by atoms with van der Waals surface area (Å²) in [4.78, 5) is 19.9. The molecule has 1 aliphatic carbocycles. The Bertz CT molecular complexity index is 1100. The van der Waals surface area contributed by atoms with Crippen molar-refractivity contribution in [3.05, 3.63) is 109 Å². The maximum absolute atomic E-state index is 12.2. The summed E-state index contributed by atoms with van der Waals surface area (Å²) < 4.78 is 16.1. The highest BCUT2D eigenvalue weighted by molar-refractivity contribution is 7.53. The third-order valence-corrected chi connectivity index (χ3v) is 7.12. The molecule has 1 unspecified atom stereocenters. The van der Waals surface area contributed by atoms with Crippen LogP contribution in [0.5, 0.6) is 0 Å². The highest BCUT2D eigenvalue weighted by atomic mass is 31.2. The molecule has 4 rings (SSSR count). The van der Waals surface area contributed by atoms with Crippen molar-refractivity contribution >= 4 is 7.60 Å². The van der Waals surface area contributed by atoms with E-state index >= 15 is 0 Å². The van der Waals surface area contributed by atoms with Crippen molar-refractivity contribution in [3.8, 4) is 11.1 Å². The second kappa shape index (κ2) is 8.49. The van der Waals surface area contributed by atoms with Gasteiger partial charge in [-0.25, -0.2) is 9.13 Å². The number of rotatable bonds is 6. The maximum Gasteiger partial charge on any atom is 0.342 e. The van der Waals surface area contributed by atoms with Gasteiger partial charge in [0.1, 0.15) is 0 Å².